The fraction of sp³-hybridized carbons (Fsp3) is 0.167. The minimum atomic E-state index is -0.308. The van der Waals surface area contributed by atoms with Crippen LogP contribution in [0.1, 0.15) is 4.88 Å². The van der Waals surface area contributed by atoms with Crippen LogP contribution in [0.5, 0.6) is 0 Å². The fourth-order valence-electron chi connectivity index (χ4n) is 1.52. The van der Waals surface area contributed by atoms with Gasteiger partial charge < -0.3 is 11.1 Å². The third-order valence-corrected chi connectivity index (χ3v) is 4.03. The highest BCUT2D eigenvalue weighted by atomic mass is 79.9. The average molecular weight is 315 g/mol. The fourth-order valence-corrected chi connectivity index (χ4v) is 3.01. The number of benzene rings is 1. The van der Waals surface area contributed by atoms with Gasteiger partial charge in [-0.3, -0.25) is 0 Å². The smallest absolute Gasteiger partial charge is 0.148 e. The molecule has 2 aromatic rings. The van der Waals surface area contributed by atoms with Crippen molar-refractivity contribution >= 4 is 38.6 Å². The Kier molecular flexibility index (Phi) is 4.02. The number of nitrogens with two attached hydrogens (primary N) is 1. The van der Waals surface area contributed by atoms with Crippen molar-refractivity contribution in [1.29, 1.82) is 0 Å². The van der Waals surface area contributed by atoms with E-state index in [1.807, 2.05) is 6.07 Å². The first-order valence-corrected chi connectivity index (χ1v) is 6.80. The Hall–Kier alpha value is -1.07. The zero-order valence-electron chi connectivity index (χ0n) is 9.04. The Balaban J connectivity index is 1.94. The summed E-state index contributed by atoms with van der Waals surface area (Å²) in [6, 6.07) is 8.76. The average Bonchev–Trinajstić information content (AvgIpc) is 2.69. The first-order chi connectivity index (χ1) is 8.16. The molecule has 0 saturated heterocycles. The van der Waals surface area contributed by atoms with Gasteiger partial charge in [-0.15, -0.1) is 11.3 Å². The van der Waals surface area contributed by atoms with Crippen LogP contribution in [-0.2, 0) is 6.42 Å². The third-order valence-electron chi connectivity index (χ3n) is 2.35. The van der Waals surface area contributed by atoms with Crippen LogP contribution in [-0.4, -0.2) is 6.54 Å². The topological polar surface area (TPSA) is 38.0 Å². The van der Waals surface area contributed by atoms with Gasteiger partial charge in [-0.1, -0.05) is 6.07 Å². The van der Waals surface area contributed by atoms with Crippen LogP contribution < -0.4 is 11.1 Å². The summed E-state index contributed by atoms with van der Waals surface area (Å²) in [4.78, 5) is 1.25. The largest absolute Gasteiger partial charge is 0.397 e. The SMILES string of the molecule is Nc1cccc(F)c1NCCc1ccc(Br)s1. The van der Waals surface area contributed by atoms with Crippen molar-refractivity contribution in [2.45, 2.75) is 6.42 Å². The van der Waals surface area contributed by atoms with Crippen LogP contribution in [0.4, 0.5) is 15.8 Å². The summed E-state index contributed by atoms with van der Waals surface area (Å²) in [7, 11) is 0. The molecule has 90 valence electrons. The number of halogens is 2. The molecule has 17 heavy (non-hydrogen) atoms. The molecule has 0 aliphatic heterocycles. The minimum Gasteiger partial charge on any atom is -0.397 e. The predicted molar refractivity (Wildman–Crippen MR) is 75.0 cm³/mol. The summed E-state index contributed by atoms with van der Waals surface area (Å²) < 4.78 is 14.5. The zero-order valence-corrected chi connectivity index (χ0v) is 11.4. The molecule has 0 fully saturated rings. The Bertz CT molecular complexity index is 493. The van der Waals surface area contributed by atoms with Crippen LogP contribution in [0.2, 0.25) is 0 Å². The van der Waals surface area contributed by atoms with Crippen LogP contribution in [0.3, 0.4) is 0 Å². The molecule has 0 amide bonds. The number of hydrogen-bond acceptors (Lipinski definition) is 3. The summed E-state index contributed by atoms with van der Waals surface area (Å²) in [5.41, 5.74) is 6.53. The van der Waals surface area contributed by atoms with E-state index in [0.717, 1.165) is 10.2 Å². The molecule has 0 atom stereocenters. The van der Waals surface area contributed by atoms with Gasteiger partial charge >= 0.3 is 0 Å². The molecule has 1 aromatic heterocycles. The molecule has 0 saturated carbocycles. The summed E-state index contributed by atoms with van der Waals surface area (Å²) in [6.45, 7) is 0.665. The molecular weight excluding hydrogens is 303 g/mol. The lowest BCUT2D eigenvalue weighted by Gasteiger charge is -2.09. The second-order valence-corrected chi connectivity index (χ2v) is 6.13. The second kappa shape index (κ2) is 5.51. The van der Waals surface area contributed by atoms with E-state index in [1.54, 1.807) is 23.5 Å². The number of para-hydroxylation sites is 1. The number of thiophene rings is 1. The summed E-state index contributed by atoms with van der Waals surface area (Å²) in [5, 5.41) is 3.03. The van der Waals surface area contributed by atoms with Crippen molar-refractivity contribution < 1.29 is 4.39 Å². The molecule has 0 spiro atoms. The number of nitrogen functional groups attached to an aromatic ring is 1. The van der Waals surface area contributed by atoms with E-state index >= 15 is 0 Å². The van der Waals surface area contributed by atoms with E-state index in [-0.39, 0.29) is 5.82 Å². The monoisotopic (exact) mass is 314 g/mol. The van der Waals surface area contributed by atoms with Crippen LogP contribution in [0.25, 0.3) is 0 Å². The van der Waals surface area contributed by atoms with Crippen LogP contribution in [0, 0.1) is 5.82 Å². The lowest BCUT2D eigenvalue weighted by Crippen LogP contribution is -2.07. The maximum absolute atomic E-state index is 13.4. The molecule has 5 heteroatoms. The Morgan fingerprint density at radius 3 is 2.76 bits per heavy atom. The van der Waals surface area contributed by atoms with E-state index in [0.29, 0.717) is 17.9 Å². The Morgan fingerprint density at radius 2 is 2.12 bits per heavy atom. The molecular formula is C12H12BrFN2S. The number of anilines is 2. The van der Waals surface area contributed by atoms with E-state index in [9.17, 15) is 4.39 Å². The molecule has 0 unspecified atom stereocenters. The number of nitrogens with one attached hydrogen (secondary N) is 1. The second-order valence-electron chi connectivity index (χ2n) is 3.59. The van der Waals surface area contributed by atoms with Crippen LogP contribution >= 0.6 is 27.3 Å². The van der Waals surface area contributed by atoms with Gasteiger partial charge in [-0.2, -0.15) is 0 Å². The van der Waals surface area contributed by atoms with E-state index in [2.05, 4.69) is 27.3 Å². The van der Waals surface area contributed by atoms with Gasteiger partial charge in [-0.25, -0.2) is 4.39 Å². The molecule has 0 aliphatic carbocycles. The Labute approximate surface area is 112 Å². The normalized spacial score (nSPS) is 10.5. The van der Waals surface area contributed by atoms with Crippen LogP contribution in [0.15, 0.2) is 34.1 Å². The number of hydrogen-bond donors (Lipinski definition) is 2. The summed E-state index contributed by atoms with van der Waals surface area (Å²) in [6.07, 6.45) is 0.851. The maximum Gasteiger partial charge on any atom is 0.148 e. The van der Waals surface area contributed by atoms with Gasteiger partial charge in [0.15, 0.2) is 0 Å². The highest BCUT2D eigenvalue weighted by molar-refractivity contribution is 9.11. The molecule has 0 aliphatic rings. The van der Waals surface area contributed by atoms with Gasteiger partial charge in [0.1, 0.15) is 5.82 Å². The van der Waals surface area contributed by atoms with Crippen molar-refractivity contribution in [3.63, 3.8) is 0 Å². The third kappa shape index (κ3) is 3.20. The molecule has 3 N–H and O–H groups in total. The van der Waals surface area contributed by atoms with Crippen molar-refractivity contribution in [3.8, 4) is 0 Å². The first-order valence-electron chi connectivity index (χ1n) is 5.19. The quantitative estimate of drug-likeness (QED) is 0.840. The highest BCUT2D eigenvalue weighted by Gasteiger charge is 2.05. The van der Waals surface area contributed by atoms with Gasteiger partial charge in [0, 0.05) is 11.4 Å². The lowest BCUT2D eigenvalue weighted by molar-refractivity contribution is 0.631. The maximum atomic E-state index is 13.4. The van der Waals surface area contributed by atoms with E-state index < -0.39 is 0 Å². The van der Waals surface area contributed by atoms with Gasteiger partial charge in [-0.05, 0) is 46.6 Å². The Morgan fingerprint density at radius 1 is 1.29 bits per heavy atom. The van der Waals surface area contributed by atoms with E-state index in [1.165, 1.54) is 10.9 Å². The molecule has 1 aromatic carbocycles. The summed E-state index contributed by atoms with van der Waals surface area (Å²) in [5.74, 6) is -0.308. The zero-order chi connectivity index (χ0) is 12.3. The summed E-state index contributed by atoms with van der Waals surface area (Å²) >= 11 is 5.09. The molecule has 2 rings (SSSR count). The van der Waals surface area contributed by atoms with Crippen molar-refractivity contribution in [3.05, 3.63) is 44.8 Å². The van der Waals surface area contributed by atoms with E-state index in [4.69, 9.17) is 5.73 Å². The molecule has 0 radical (unpaired) electrons. The van der Waals surface area contributed by atoms with Gasteiger partial charge in [0.25, 0.3) is 0 Å². The molecule has 0 bridgehead atoms. The molecule has 1 heterocycles. The van der Waals surface area contributed by atoms with Crippen molar-refractivity contribution in [2.24, 2.45) is 0 Å². The standard InChI is InChI=1S/C12H12BrFN2S/c13-11-5-4-8(17-11)6-7-16-12-9(14)2-1-3-10(12)15/h1-5,16H,6-7,15H2. The molecule has 2 nitrogen and oxygen atoms in total. The van der Waals surface area contributed by atoms with Crippen molar-refractivity contribution in [1.82, 2.24) is 0 Å². The van der Waals surface area contributed by atoms with Crippen molar-refractivity contribution in [2.75, 3.05) is 17.6 Å². The highest BCUT2D eigenvalue weighted by Crippen LogP contribution is 2.24. The number of rotatable bonds is 4. The minimum absolute atomic E-state index is 0.308. The van der Waals surface area contributed by atoms with Gasteiger partial charge in [0.05, 0.1) is 15.2 Å². The van der Waals surface area contributed by atoms with Gasteiger partial charge in [0.2, 0.25) is 0 Å². The first kappa shape index (κ1) is 12.4. The predicted octanol–water partition coefficient (Wildman–Crippen LogP) is 3.89. The lowest BCUT2D eigenvalue weighted by atomic mass is 10.2.